The zero-order valence-electron chi connectivity index (χ0n) is 10.9. The fourth-order valence-corrected chi connectivity index (χ4v) is 2.34. The molecule has 1 saturated heterocycles. The molecule has 0 amide bonds. The van der Waals surface area contributed by atoms with E-state index in [-0.39, 0.29) is 12.0 Å². The standard InChI is InChI=1S/C12H26N2O3/c1-16-9-5-14(4-6-15)11-12(10-13)2-7-17-8-3-12/h15H,2-11,13H2,1H3. The van der Waals surface area contributed by atoms with E-state index in [1.54, 1.807) is 7.11 Å². The molecule has 0 saturated carbocycles. The van der Waals surface area contributed by atoms with Gasteiger partial charge in [-0.2, -0.15) is 0 Å². The van der Waals surface area contributed by atoms with E-state index in [1.165, 1.54) is 0 Å². The molecule has 3 N–H and O–H groups in total. The van der Waals surface area contributed by atoms with E-state index >= 15 is 0 Å². The molecular formula is C12H26N2O3. The van der Waals surface area contributed by atoms with E-state index < -0.39 is 0 Å². The van der Waals surface area contributed by atoms with Crippen molar-refractivity contribution in [1.82, 2.24) is 4.90 Å². The number of aliphatic hydroxyl groups excluding tert-OH is 1. The zero-order valence-corrected chi connectivity index (χ0v) is 10.9. The predicted molar refractivity (Wildman–Crippen MR) is 66.9 cm³/mol. The van der Waals surface area contributed by atoms with Crippen LogP contribution in [0.15, 0.2) is 0 Å². The van der Waals surface area contributed by atoms with Crippen molar-refractivity contribution in [2.75, 3.05) is 59.7 Å². The number of methoxy groups -OCH3 is 1. The predicted octanol–water partition coefficient (Wildman–Crippen LogP) is -0.317. The summed E-state index contributed by atoms with van der Waals surface area (Å²) < 4.78 is 10.5. The van der Waals surface area contributed by atoms with Gasteiger partial charge in [0.15, 0.2) is 0 Å². The van der Waals surface area contributed by atoms with Gasteiger partial charge in [0.25, 0.3) is 0 Å². The van der Waals surface area contributed by atoms with Gasteiger partial charge >= 0.3 is 0 Å². The Labute approximate surface area is 104 Å². The van der Waals surface area contributed by atoms with Crippen molar-refractivity contribution in [3.63, 3.8) is 0 Å². The highest BCUT2D eigenvalue weighted by molar-refractivity contribution is 4.86. The monoisotopic (exact) mass is 246 g/mol. The number of aliphatic hydroxyl groups is 1. The number of rotatable bonds is 8. The van der Waals surface area contributed by atoms with Gasteiger partial charge in [0.05, 0.1) is 13.2 Å². The van der Waals surface area contributed by atoms with Crippen LogP contribution in [0.3, 0.4) is 0 Å². The molecule has 1 heterocycles. The molecule has 0 spiro atoms. The first kappa shape index (κ1) is 14.9. The lowest BCUT2D eigenvalue weighted by Gasteiger charge is -2.40. The van der Waals surface area contributed by atoms with Gasteiger partial charge in [-0.15, -0.1) is 0 Å². The number of hydrogen-bond acceptors (Lipinski definition) is 5. The van der Waals surface area contributed by atoms with Crippen LogP contribution in [0.1, 0.15) is 12.8 Å². The third kappa shape index (κ3) is 4.89. The molecule has 0 atom stereocenters. The van der Waals surface area contributed by atoms with Crippen molar-refractivity contribution < 1.29 is 14.6 Å². The zero-order chi connectivity index (χ0) is 12.6. The third-order valence-electron chi connectivity index (χ3n) is 3.57. The van der Waals surface area contributed by atoms with E-state index in [4.69, 9.17) is 20.3 Å². The Morgan fingerprint density at radius 2 is 2.06 bits per heavy atom. The second-order valence-electron chi connectivity index (χ2n) is 4.81. The first-order valence-electron chi connectivity index (χ1n) is 6.36. The maximum absolute atomic E-state index is 9.08. The first-order valence-corrected chi connectivity index (χ1v) is 6.36. The molecule has 0 aromatic rings. The normalized spacial score (nSPS) is 19.8. The highest BCUT2D eigenvalue weighted by atomic mass is 16.5. The van der Waals surface area contributed by atoms with Crippen molar-refractivity contribution in [1.29, 1.82) is 0 Å². The third-order valence-corrected chi connectivity index (χ3v) is 3.57. The SMILES string of the molecule is COCCN(CCO)CC1(CN)CCOCC1. The lowest BCUT2D eigenvalue weighted by molar-refractivity contribution is -0.00589. The lowest BCUT2D eigenvalue weighted by Crippen LogP contribution is -2.47. The van der Waals surface area contributed by atoms with Crippen molar-refractivity contribution in [2.45, 2.75) is 12.8 Å². The van der Waals surface area contributed by atoms with Gasteiger partial charge in [-0.05, 0) is 24.8 Å². The van der Waals surface area contributed by atoms with Crippen molar-refractivity contribution >= 4 is 0 Å². The van der Waals surface area contributed by atoms with Crippen LogP contribution in [-0.4, -0.2) is 69.7 Å². The van der Waals surface area contributed by atoms with E-state index in [2.05, 4.69) is 4.90 Å². The Morgan fingerprint density at radius 1 is 1.35 bits per heavy atom. The Kier molecular flexibility index (Phi) is 6.99. The quantitative estimate of drug-likeness (QED) is 0.614. The summed E-state index contributed by atoms with van der Waals surface area (Å²) in [5.41, 5.74) is 6.09. The van der Waals surface area contributed by atoms with Gasteiger partial charge < -0.3 is 20.3 Å². The minimum atomic E-state index is 0.154. The number of nitrogens with zero attached hydrogens (tertiary/aromatic N) is 1. The molecule has 1 rings (SSSR count). The highest BCUT2D eigenvalue weighted by Gasteiger charge is 2.32. The van der Waals surface area contributed by atoms with E-state index in [9.17, 15) is 0 Å². The molecule has 0 bridgehead atoms. The van der Waals surface area contributed by atoms with Gasteiger partial charge in [-0.25, -0.2) is 0 Å². The molecule has 5 nitrogen and oxygen atoms in total. The second kappa shape index (κ2) is 8.00. The summed E-state index contributed by atoms with van der Waals surface area (Å²) >= 11 is 0. The molecule has 0 radical (unpaired) electrons. The summed E-state index contributed by atoms with van der Waals surface area (Å²) in [6, 6.07) is 0. The smallest absolute Gasteiger partial charge is 0.0589 e. The van der Waals surface area contributed by atoms with Gasteiger partial charge in [0, 0.05) is 40.0 Å². The molecular weight excluding hydrogens is 220 g/mol. The minimum Gasteiger partial charge on any atom is -0.395 e. The number of ether oxygens (including phenoxy) is 2. The first-order chi connectivity index (χ1) is 8.26. The molecule has 1 aliphatic heterocycles. The maximum atomic E-state index is 9.08. The van der Waals surface area contributed by atoms with Gasteiger partial charge in [0.1, 0.15) is 0 Å². The maximum Gasteiger partial charge on any atom is 0.0589 e. The molecule has 1 aliphatic rings. The molecule has 17 heavy (non-hydrogen) atoms. The van der Waals surface area contributed by atoms with E-state index in [0.29, 0.717) is 19.7 Å². The van der Waals surface area contributed by atoms with Crippen LogP contribution in [0, 0.1) is 5.41 Å². The fourth-order valence-electron chi connectivity index (χ4n) is 2.34. The minimum absolute atomic E-state index is 0.154. The average molecular weight is 246 g/mol. The molecule has 0 unspecified atom stereocenters. The molecule has 102 valence electrons. The Balaban J connectivity index is 2.48. The van der Waals surface area contributed by atoms with Gasteiger partial charge in [-0.3, -0.25) is 4.90 Å². The van der Waals surface area contributed by atoms with Crippen LogP contribution in [0.25, 0.3) is 0 Å². The second-order valence-corrected chi connectivity index (χ2v) is 4.81. The summed E-state index contributed by atoms with van der Waals surface area (Å²) in [6.07, 6.45) is 2.02. The molecule has 0 aromatic heterocycles. The van der Waals surface area contributed by atoms with Crippen molar-refractivity contribution in [3.05, 3.63) is 0 Å². The summed E-state index contributed by atoms with van der Waals surface area (Å²) in [6.45, 7) is 5.62. The lowest BCUT2D eigenvalue weighted by atomic mass is 9.79. The van der Waals surface area contributed by atoms with E-state index in [0.717, 1.165) is 39.1 Å². The van der Waals surface area contributed by atoms with Crippen LogP contribution in [-0.2, 0) is 9.47 Å². The summed E-state index contributed by atoms with van der Waals surface area (Å²) in [5.74, 6) is 0. The van der Waals surface area contributed by atoms with Crippen LogP contribution in [0.4, 0.5) is 0 Å². The Bertz CT molecular complexity index is 196. The fraction of sp³-hybridized carbons (Fsp3) is 1.00. The number of nitrogens with two attached hydrogens (primary N) is 1. The van der Waals surface area contributed by atoms with Crippen molar-refractivity contribution in [2.24, 2.45) is 11.1 Å². The summed E-state index contributed by atoms with van der Waals surface area (Å²) in [4.78, 5) is 2.24. The topological polar surface area (TPSA) is 68.0 Å². The molecule has 1 fully saturated rings. The Morgan fingerprint density at radius 3 is 2.59 bits per heavy atom. The molecule has 5 heteroatoms. The van der Waals surface area contributed by atoms with Crippen LogP contribution < -0.4 is 5.73 Å². The summed E-state index contributed by atoms with van der Waals surface area (Å²) in [5, 5.41) is 9.08. The Hall–Kier alpha value is -0.200. The van der Waals surface area contributed by atoms with E-state index in [1.807, 2.05) is 0 Å². The van der Waals surface area contributed by atoms with Crippen LogP contribution in [0.5, 0.6) is 0 Å². The summed E-state index contributed by atoms with van der Waals surface area (Å²) in [7, 11) is 1.70. The van der Waals surface area contributed by atoms with Gasteiger partial charge in [0.2, 0.25) is 0 Å². The average Bonchev–Trinajstić information content (AvgIpc) is 2.37. The largest absolute Gasteiger partial charge is 0.395 e. The molecule has 0 aromatic carbocycles. The molecule has 0 aliphatic carbocycles. The van der Waals surface area contributed by atoms with Gasteiger partial charge in [-0.1, -0.05) is 0 Å². The number of hydrogen-bond donors (Lipinski definition) is 2. The van der Waals surface area contributed by atoms with Crippen LogP contribution in [0.2, 0.25) is 0 Å². The van der Waals surface area contributed by atoms with Crippen LogP contribution >= 0.6 is 0 Å². The highest BCUT2D eigenvalue weighted by Crippen LogP contribution is 2.30. The van der Waals surface area contributed by atoms with Crippen molar-refractivity contribution in [3.8, 4) is 0 Å².